The van der Waals surface area contributed by atoms with Gasteiger partial charge >= 0.3 is 0 Å². The molecule has 6 heteroatoms. The number of likely N-dealkylation sites (tertiary alicyclic amines) is 1. The van der Waals surface area contributed by atoms with E-state index in [0.29, 0.717) is 31.8 Å². The van der Waals surface area contributed by atoms with Crippen LogP contribution in [-0.4, -0.2) is 47.8 Å². The van der Waals surface area contributed by atoms with Crippen molar-refractivity contribution in [2.75, 3.05) is 13.1 Å². The molecule has 1 aliphatic carbocycles. The summed E-state index contributed by atoms with van der Waals surface area (Å²) < 4.78 is 0. The van der Waals surface area contributed by atoms with E-state index >= 15 is 0 Å². The molecular formula is C17H25N3O3. The molecule has 0 radical (unpaired) electrons. The summed E-state index contributed by atoms with van der Waals surface area (Å²) in [7, 11) is 0. The van der Waals surface area contributed by atoms with Gasteiger partial charge in [0, 0.05) is 25.6 Å². The van der Waals surface area contributed by atoms with E-state index in [-0.39, 0.29) is 35.7 Å². The van der Waals surface area contributed by atoms with Gasteiger partial charge in [0.15, 0.2) is 0 Å². The first-order valence-corrected chi connectivity index (χ1v) is 8.59. The maximum atomic E-state index is 12.6. The highest BCUT2D eigenvalue weighted by Gasteiger charge is 2.41. The van der Waals surface area contributed by atoms with Crippen LogP contribution >= 0.6 is 0 Å². The van der Waals surface area contributed by atoms with Crippen LogP contribution in [0.25, 0.3) is 0 Å². The first-order chi connectivity index (χ1) is 11.1. The average Bonchev–Trinajstić information content (AvgIpc) is 3.40. The number of nitrogens with zero attached hydrogens (tertiary/aromatic N) is 1. The molecule has 3 fully saturated rings. The molecule has 2 aliphatic heterocycles. The van der Waals surface area contributed by atoms with Crippen LogP contribution in [0.1, 0.15) is 38.5 Å². The third kappa shape index (κ3) is 3.74. The zero-order valence-electron chi connectivity index (χ0n) is 13.4. The number of piperidine rings is 2. The number of rotatable bonds is 4. The Bertz CT molecular complexity index is 515. The summed E-state index contributed by atoms with van der Waals surface area (Å²) >= 11 is 0. The van der Waals surface area contributed by atoms with Crippen LogP contribution in [-0.2, 0) is 14.4 Å². The third-order valence-corrected chi connectivity index (χ3v) is 5.18. The van der Waals surface area contributed by atoms with Gasteiger partial charge in [-0.25, -0.2) is 0 Å². The van der Waals surface area contributed by atoms with E-state index in [1.54, 1.807) is 4.90 Å². The predicted octanol–water partition coefficient (Wildman–Crippen LogP) is 0.584. The Morgan fingerprint density at radius 2 is 2.04 bits per heavy atom. The number of carbonyl (C=O) groups excluding carboxylic acids is 3. The number of amides is 3. The van der Waals surface area contributed by atoms with Gasteiger partial charge < -0.3 is 15.5 Å². The number of nitrogens with one attached hydrogen (secondary N) is 2. The van der Waals surface area contributed by atoms with Crippen LogP contribution in [0.3, 0.4) is 0 Å². The largest absolute Gasteiger partial charge is 0.351 e. The van der Waals surface area contributed by atoms with Gasteiger partial charge in [-0.2, -0.15) is 0 Å². The molecule has 2 heterocycles. The molecule has 3 aliphatic rings. The van der Waals surface area contributed by atoms with Crippen LogP contribution in [0, 0.1) is 11.8 Å². The third-order valence-electron chi connectivity index (χ3n) is 5.18. The summed E-state index contributed by atoms with van der Waals surface area (Å²) in [5.41, 5.74) is 0. The Labute approximate surface area is 136 Å². The normalized spacial score (nSPS) is 31.2. The van der Waals surface area contributed by atoms with Gasteiger partial charge in [-0.3, -0.25) is 14.4 Å². The lowest BCUT2D eigenvalue weighted by molar-refractivity contribution is -0.134. The molecule has 1 saturated carbocycles. The summed E-state index contributed by atoms with van der Waals surface area (Å²) in [6.07, 6.45) is 6.39. The zero-order chi connectivity index (χ0) is 16.4. The van der Waals surface area contributed by atoms with E-state index < -0.39 is 0 Å². The van der Waals surface area contributed by atoms with Crippen molar-refractivity contribution in [1.29, 1.82) is 0 Å². The van der Waals surface area contributed by atoms with Gasteiger partial charge in [-0.1, -0.05) is 6.58 Å². The van der Waals surface area contributed by atoms with Crippen molar-refractivity contribution in [3.8, 4) is 0 Å². The van der Waals surface area contributed by atoms with Gasteiger partial charge in [0.1, 0.15) is 0 Å². The minimum absolute atomic E-state index is 0.0124. The maximum Gasteiger partial charge on any atom is 0.245 e. The molecule has 0 bridgehead atoms. The van der Waals surface area contributed by atoms with Crippen molar-refractivity contribution in [2.45, 2.75) is 50.6 Å². The monoisotopic (exact) mass is 319 g/mol. The molecule has 3 atom stereocenters. The van der Waals surface area contributed by atoms with Crippen molar-refractivity contribution in [3.63, 3.8) is 0 Å². The molecule has 1 unspecified atom stereocenters. The van der Waals surface area contributed by atoms with Crippen LogP contribution in [0.4, 0.5) is 0 Å². The van der Waals surface area contributed by atoms with Crippen LogP contribution in [0.5, 0.6) is 0 Å². The summed E-state index contributed by atoms with van der Waals surface area (Å²) in [6, 6.07) is 0.105. The fourth-order valence-corrected chi connectivity index (χ4v) is 3.71. The van der Waals surface area contributed by atoms with Crippen LogP contribution in [0.2, 0.25) is 0 Å². The van der Waals surface area contributed by atoms with Gasteiger partial charge in [-0.05, 0) is 44.1 Å². The van der Waals surface area contributed by atoms with Crippen LogP contribution in [0.15, 0.2) is 12.7 Å². The lowest BCUT2D eigenvalue weighted by atomic mass is 9.92. The van der Waals surface area contributed by atoms with Gasteiger partial charge in [0.2, 0.25) is 17.7 Å². The maximum absolute atomic E-state index is 12.6. The summed E-state index contributed by atoms with van der Waals surface area (Å²) in [5.74, 6) is 0.342. The quantitative estimate of drug-likeness (QED) is 0.744. The van der Waals surface area contributed by atoms with Gasteiger partial charge in [-0.15, -0.1) is 0 Å². The second kappa shape index (κ2) is 6.72. The van der Waals surface area contributed by atoms with Crippen molar-refractivity contribution in [3.05, 3.63) is 12.7 Å². The number of hydrogen-bond acceptors (Lipinski definition) is 3. The molecule has 3 rings (SSSR count). The Balaban J connectivity index is 1.58. The van der Waals surface area contributed by atoms with E-state index in [1.165, 1.54) is 6.08 Å². The van der Waals surface area contributed by atoms with E-state index in [4.69, 9.17) is 0 Å². The SMILES string of the molecule is C=CC(=O)N1CCCC(C(=O)N[C@@H]2CCC(=O)N[C@H]2C2CC2)C1. The average molecular weight is 319 g/mol. The highest BCUT2D eigenvalue weighted by molar-refractivity contribution is 5.88. The molecule has 0 spiro atoms. The van der Waals surface area contributed by atoms with Gasteiger partial charge in [0.05, 0.1) is 12.0 Å². The number of carbonyl (C=O) groups is 3. The Morgan fingerprint density at radius 1 is 1.26 bits per heavy atom. The standard InChI is InChI=1S/C17H25N3O3/c1-2-15(22)20-9-3-4-12(10-20)17(23)18-13-7-8-14(21)19-16(13)11-5-6-11/h2,11-13,16H,1,3-10H2,(H,18,23)(H,19,21)/t12?,13-,16+/m1/s1. The Morgan fingerprint density at radius 3 is 2.74 bits per heavy atom. The van der Waals surface area contributed by atoms with Crippen LogP contribution < -0.4 is 10.6 Å². The molecule has 2 saturated heterocycles. The number of hydrogen-bond donors (Lipinski definition) is 2. The van der Waals surface area contributed by atoms with Crippen molar-refractivity contribution < 1.29 is 14.4 Å². The molecule has 23 heavy (non-hydrogen) atoms. The first-order valence-electron chi connectivity index (χ1n) is 8.59. The topological polar surface area (TPSA) is 78.5 Å². The molecule has 0 aromatic heterocycles. The van der Waals surface area contributed by atoms with E-state index in [2.05, 4.69) is 17.2 Å². The first kappa shape index (κ1) is 16.0. The van der Waals surface area contributed by atoms with Crippen molar-refractivity contribution >= 4 is 17.7 Å². The lowest BCUT2D eigenvalue weighted by Gasteiger charge is -2.36. The van der Waals surface area contributed by atoms with E-state index in [1.807, 2.05) is 0 Å². The molecule has 0 aromatic rings. The predicted molar refractivity (Wildman–Crippen MR) is 85.3 cm³/mol. The minimum atomic E-state index is -0.162. The second-order valence-corrected chi connectivity index (χ2v) is 6.91. The summed E-state index contributed by atoms with van der Waals surface area (Å²) in [4.78, 5) is 37.7. The Kier molecular flexibility index (Phi) is 4.68. The molecule has 2 N–H and O–H groups in total. The zero-order valence-corrected chi connectivity index (χ0v) is 13.4. The smallest absolute Gasteiger partial charge is 0.245 e. The second-order valence-electron chi connectivity index (χ2n) is 6.91. The minimum Gasteiger partial charge on any atom is -0.351 e. The lowest BCUT2D eigenvalue weighted by Crippen LogP contribution is -2.58. The van der Waals surface area contributed by atoms with Crippen molar-refractivity contribution in [2.24, 2.45) is 11.8 Å². The fourth-order valence-electron chi connectivity index (χ4n) is 3.71. The van der Waals surface area contributed by atoms with E-state index in [9.17, 15) is 14.4 Å². The van der Waals surface area contributed by atoms with E-state index in [0.717, 1.165) is 25.7 Å². The Hall–Kier alpha value is -1.85. The molecular weight excluding hydrogens is 294 g/mol. The van der Waals surface area contributed by atoms with Crippen molar-refractivity contribution in [1.82, 2.24) is 15.5 Å². The highest BCUT2D eigenvalue weighted by atomic mass is 16.2. The van der Waals surface area contributed by atoms with Gasteiger partial charge in [0.25, 0.3) is 0 Å². The molecule has 0 aromatic carbocycles. The fraction of sp³-hybridized carbons (Fsp3) is 0.706. The summed E-state index contributed by atoms with van der Waals surface area (Å²) in [6.45, 7) is 4.67. The molecule has 126 valence electrons. The summed E-state index contributed by atoms with van der Waals surface area (Å²) in [5, 5.41) is 6.18. The highest BCUT2D eigenvalue weighted by Crippen LogP contribution is 2.36. The molecule has 3 amide bonds. The molecule has 6 nitrogen and oxygen atoms in total.